The number of carbonyl (C=O) groups is 1. The first kappa shape index (κ1) is 17.8. The van der Waals surface area contributed by atoms with E-state index >= 15 is 0 Å². The van der Waals surface area contributed by atoms with Crippen LogP contribution in [0, 0.1) is 12.7 Å². The van der Waals surface area contributed by atoms with Crippen LogP contribution in [0.3, 0.4) is 0 Å². The van der Waals surface area contributed by atoms with Crippen LogP contribution in [0.5, 0.6) is 0 Å². The van der Waals surface area contributed by atoms with E-state index in [1.54, 1.807) is 24.2 Å². The van der Waals surface area contributed by atoms with Crippen LogP contribution < -0.4 is 4.90 Å². The molecule has 0 aliphatic carbocycles. The molecule has 8 heteroatoms. The molecule has 6 nitrogen and oxygen atoms in total. The maximum Gasteiger partial charge on any atom is 0.245 e. The van der Waals surface area contributed by atoms with Crippen LogP contribution in [-0.2, 0) is 11.3 Å². The largest absolute Gasteiger partial charge is 0.337 e. The zero-order valence-electron chi connectivity index (χ0n) is 15.2. The molecule has 1 aliphatic rings. The first-order chi connectivity index (χ1) is 13.0. The highest BCUT2D eigenvalue weighted by Crippen LogP contribution is 2.27. The summed E-state index contributed by atoms with van der Waals surface area (Å²) in [5.74, 6) is 0.272. The molecule has 1 saturated heterocycles. The van der Waals surface area contributed by atoms with Crippen molar-refractivity contribution in [3.05, 3.63) is 46.3 Å². The maximum absolute atomic E-state index is 13.5. The second-order valence-corrected chi connectivity index (χ2v) is 7.72. The fourth-order valence-electron chi connectivity index (χ4n) is 3.50. The zero-order valence-corrected chi connectivity index (χ0v) is 16.0. The third kappa shape index (κ3) is 3.49. The van der Waals surface area contributed by atoms with E-state index in [-0.39, 0.29) is 17.8 Å². The van der Waals surface area contributed by atoms with Gasteiger partial charge in [0.2, 0.25) is 11.9 Å². The third-order valence-corrected chi connectivity index (χ3v) is 5.63. The standard InChI is InChI=1S/C19H20FN5OS/c1-12-14-10-13(20)5-6-15(14)23-19(22-12)25-8-3-4-16(25)18(26)24(2)11-17-21-7-9-27-17/h5-7,9-10,16H,3-4,8,11H2,1-2H3. The summed E-state index contributed by atoms with van der Waals surface area (Å²) in [5.41, 5.74) is 1.40. The van der Waals surface area contributed by atoms with Gasteiger partial charge in [0.15, 0.2) is 0 Å². The Labute approximate surface area is 160 Å². The third-order valence-electron chi connectivity index (χ3n) is 4.86. The first-order valence-electron chi connectivity index (χ1n) is 8.87. The minimum absolute atomic E-state index is 0.0446. The topological polar surface area (TPSA) is 62.2 Å². The highest BCUT2D eigenvalue weighted by Gasteiger charge is 2.34. The summed E-state index contributed by atoms with van der Waals surface area (Å²) in [6, 6.07) is 4.22. The highest BCUT2D eigenvalue weighted by atomic mass is 32.1. The molecule has 3 aromatic rings. The molecular weight excluding hydrogens is 365 g/mol. The molecular formula is C19H20FN5OS. The summed E-state index contributed by atoms with van der Waals surface area (Å²) in [7, 11) is 1.80. The molecule has 1 aromatic carbocycles. The summed E-state index contributed by atoms with van der Waals surface area (Å²) in [6.07, 6.45) is 3.42. The Morgan fingerprint density at radius 1 is 1.41 bits per heavy atom. The lowest BCUT2D eigenvalue weighted by Crippen LogP contribution is -2.44. The van der Waals surface area contributed by atoms with E-state index in [1.165, 1.54) is 23.5 Å². The minimum atomic E-state index is -0.306. The molecule has 4 rings (SSSR count). The number of fused-ring (bicyclic) bond motifs is 1. The fraction of sp³-hybridized carbons (Fsp3) is 0.368. The second-order valence-electron chi connectivity index (χ2n) is 6.74. The quantitative estimate of drug-likeness (QED) is 0.690. The van der Waals surface area contributed by atoms with Crippen LogP contribution in [0.15, 0.2) is 29.8 Å². The molecule has 1 aliphatic heterocycles. The zero-order chi connectivity index (χ0) is 19.0. The van der Waals surface area contributed by atoms with Crippen LogP contribution in [0.25, 0.3) is 10.9 Å². The molecule has 0 saturated carbocycles. The number of benzene rings is 1. The number of likely N-dealkylation sites (N-methyl/N-ethyl adjacent to an activating group) is 1. The molecule has 0 spiro atoms. The smallest absolute Gasteiger partial charge is 0.245 e. The Kier molecular flexibility index (Phi) is 4.73. The lowest BCUT2D eigenvalue weighted by Gasteiger charge is -2.28. The Hall–Kier alpha value is -2.61. The van der Waals surface area contributed by atoms with Gasteiger partial charge in [-0.15, -0.1) is 11.3 Å². The second kappa shape index (κ2) is 7.19. The van der Waals surface area contributed by atoms with Crippen molar-refractivity contribution in [2.45, 2.75) is 32.4 Å². The van der Waals surface area contributed by atoms with Crippen LogP contribution in [0.2, 0.25) is 0 Å². The number of carbonyl (C=O) groups excluding carboxylic acids is 1. The molecule has 140 valence electrons. The van der Waals surface area contributed by atoms with Gasteiger partial charge in [-0.05, 0) is 38.0 Å². The van der Waals surface area contributed by atoms with Crippen molar-refractivity contribution in [3.63, 3.8) is 0 Å². The molecule has 1 unspecified atom stereocenters. The molecule has 0 bridgehead atoms. The summed E-state index contributed by atoms with van der Waals surface area (Å²) >= 11 is 1.54. The number of nitrogens with zero attached hydrogens (tertiary/aromatic N) is 5. The molecule has 1 amide bonds. The molecule has 1 atom stereocenters. The lowest BCUT2D eigenvalue weighted by molar-refractivity contribution is -0.131. The van der Waals surface area contributed by atoms with E-state index in [9.17, 15) is 9.18 Å². The molecule has 0 radical (unpaired) electrons. The maximum atomic E-state index is 13.5. The van der Waals surface area contributed by atoms with Crippen LogP contribution in [0.1, 0.15) is 23.5 Å². The van der Waals surface area contributed by atoms with Gasteiger partial charge in [-0.1, -0.05) is 0 Å². The van der Waals surface area contributed by atoms with Gasteiger partial charge in [-0.25, -0.2) is 19.3 Å². The predicted octanol–water partition coefficient (Wildman–Crippen LogP) is 3.16. The SMILES string of the molecule is Cc1nc(N2CCCC2C(=O)N(C)Cc2nccs2)nc2ccc(F)cc12. The van der Waals surface area contributed by atoms with Crippen molar-refractivity contribution in [3.8, 4) is 0 Å². The number of rotatable bonds is 4. The predicted molar refractivity (Wildman–Crippen MR) is 103 cm³/mol. The van der Waals surface area contributed by atoms with Gasteiger partial charge in [0.1, 0.15) is 16.9 Å². The van der Waals surface area contributed by atoms with Crippen molar-refractivity contribution in [1.29, 1.82) is 0 Å². The van der Waals surface area contributed by atoms with Gasteiger partial charge in [0, 0.05) is 30.6 Å². The van der Waals surface area contributed by atoms with Crippen LogP contribution in [-0.4, -0.2) is 45.4 Å². The van der Waals surface area contributed by atoms with E-state index in [4.69, 9.17) is 0 Å². The van der Waals surface area contributed by atoms with Crippen LogP contribution >= 0.6 is 11.3 Å². The van der Waals surface area contributed by atoms with E-state index in [2.05, 4.69) is 15.0 Å². The Balaban J connectivity index is 1.60. The molecule has 2 aromatic heterocycles. The number of aromatic nitrogens is 3. The normalized spacial score (nSPS) is 16.9. The number of halogens is 1. The van der Waals surface area contributed by atoms with Crippen molar-refractivity contribution in [2.75, 3.05) is 18.5 Å². The molecule has 1 fully saturated rings. The number of hydrogen-bond acceptors (Lipinski definition) is 6. The number of aryl methyl sites for hydroxylation is 1. The number of hydrogen-bond donors (Lipinski definition) is 0. The molecule has 27 heavy (non-hydrogen) atoms. The van der Waals surface area contributed by atoms with E-state index in [1.807, 2.05) is 17.2 Å². The van der Waals surface area contributed by atoms with Crippen LogP contribution in [0.4, 0.5) is 10.3 Å². The van der Waals surface area contributed by atoms with Gasteiger partial charge >= 0.3 is 0 Å². The first-order valence-corrected chi connectivity index (χ1v) is 9.75. The summed E-state index contributed by atoms with van der Waals surface area (Å²) in [6.45, 7) is 3.07. The lowest BCUT2D eigenvalue weighted by atomic mass is 10.2. The van der Waals surface area contributed by atoms with Crippen molar-refractivity contribution in [2.24, 2.45) is 0 Å². The van der Waals surface area contributed by atoms with E-state index in [0.29, 0.717) is 29.1 Å². The molecule has 3 heterocycles. The average Bonchev–Trinajstić information content (AvgIpc) is 3.33. The van der Waals surface area contributed by atoms with E-state index in [0.717, 1.165) is 24.4 Å². The summed E-state index contributed by atoms with van der Waals surface area (Å²) in [4.78, 5) is 30.1. The average molecular weight is 385 g/mol. The Bertz CT molecular complexity index is 978. The Morgan fingerprint density at radius 2 is 2.26 bits per heavy atom. The van der Waals surface area contributed by atoms with Crippen molar-refractivity contribution >= 4 is 34.1 Å². The Morgan fingerprint density at radius 3 is 3.04 bits per heavy atom. The van der Waals surface area contributed by atoms with Gasteiger partial charge < -0.3 is 9.80 Å². The fourth-order valence-corrected chi connectivity index (χ4v) is 4.16. The highest BCUT2D eigenvalue weighted by molar-refractivity contribution is 7.09. The monoisotopic (exact) mass is 385 g/mol. The van der Waals surface area contributed by atoms with Gasteiger partial charge in [0.25, 0.3) is 0 Å². The number of thiazole rings is 1. The van der Waals surface area contributed by atoms with Gasteiger partial charge in [-0.3, -0.25) is 4.79 Å². The summed E-state index contributed by atoms with van der Waals surface area (Å²) in [5, 5.41) is 3.52. The number of anilines is 1. The van der Waals surface area contributed by atoms with Gasteiger partial charge in [-0.2, -0.15) is 0 Å². The van der Waals surface area contributed by atoms with Crippen molar-refractivity contribution < 1.29 is 9.18 Å². The summed E-state index contributed by atoms with van der Waals surface area (Å²) < 4.78 is 13.5. The van der Waals surface area contributed by atoms with Gasteiger partial charge in [0.05, 0.1) is 17.8 Å². The minimum Gasteiger partial charge on any atom is -0.337 e. The number of amides is 1. The van der Waals surface area contributed by atoms with Crippen molar-refractivity contribution in [1.82, 2.24) is 19.9 Å². The molecule has 0 N–H and O–H groups in total. The van der Waals surface area contributed by atoms with E-state index < -0.39 is 0 Å².